The summed E-state index contributed by atoms with van der Waals surface area (Å²) < 4.78 is 4.94. The van der Waals surface area contributed by atoms with Crippen molar-refractivity contribution in [1.82, 2.24) is 5.32 Å². The van der Waals surface area contributed by atoms with E-state index in [0.29, 0.717) is 18.3 Å². The van der Waals surface area contributed by atoms with Gasteiger partial charge in [0.1, 0.15) is 0 Å². The van der Waals surface area contributed by atoms with Crippen molar-refractivity contribution in [2.45, 2.75) is 0 Å². The van der Waals surface area contributed by atoms with Gasteiger partial charge in [0.15, 0.2) is 5.11 Å². The molecule has 0 bridgehead atoms. The maximum absolute atomic E-state index is 5.17. The van der Waals surface area contributed by atoms with Crippen LogP contribution in [-0.2, 0) is 4.74 Å². The summed E-state index contributed by atoms with van der Waals surface area (Å²) in [5.41, 5.74) is 2.11. The summed E-state index contributed by atoms with van der Waals surface area (Å²) in [6.45, 7) is 1.34. The number of rotatable bonds is 5. The molecule has 0 amide bonds. The molecule has 1 aromatic rings. The van der Waals surface area contributed by atoms with Crippen molar-refractivity contribution < 1.29 is 4.74 Å². The Hall–Kier alpha value is -1.33. The van der Waals surface area contributed by atoms with Crippen molar-refractivity contribution in [1.29, 1.82) is 0 Å². The second-order valence-corrected chi connectivity index (χ2v) is 4.23. The number of benzene rings is 1. The number of methoxy groups -OCH3 is 1. The molecule has 2 N–H and O–H groups in total. The quantitative estimate of drug-likeness (QED) is 0.617. The summed E-state index contributed by atoms with van der Waals surface area (Å²) in [5.74, 6) is 0. The van der Waals surface area contributed by atoms with Crippen molar-refractivity contribution in [2.24, 2.45) is 0 Å². The van der Waals surface area contributed by atoms with Crippen LogP contribution in [0.2, 0.25) is 0 Å². The van der Waals surface area contributed by atoms with Crippen molar-refractivity contribution in [3.05, 3.63) is 24.3 Å². The van der Waals surface area contributed by atoms with Crippen molar-refractivity contribution in [3.8, 4) is 0 Å². The molecule has 4 nitrogen and oxygen atoms in total. The first-order valence-electron chi connectivity index (χ1n) is 5.44. The van der Waals surface area contributed by atoms with E-state index >= 15 is 0 Å². The molecule has 0 aromatic heterocycles. The predicted octanol–water partition coefficient (Wildman–Crippen LogP) is 1.69. The number of nitrogens with zero attached hydrogens (tertiary/aromatic N) is 1. The van der Waals surface area contributed by atoms with E-state index in [-0.39, 0.29) is 0 Å². The Bertz CT molecular complexity index is 369. The van der Waals surface area contributed by atoms with Gasteiger partial charge in [-0.15, -0.1) is 0 Å². The van der Waals surface area contributed by atoms with Crippen LogP contribution in [0.5, 0.6) is 0 Å². The molecule has 94 valence electrons. The first kappa shape index (κ1) is 13.7. The second-order valence-electron chi connectivity index (χ2n) is 3.82. The number of thiocarbonyl (C=S) groups is 1. The molecule has 0 aliphatic rings. The molecule has 0 heterocycles. The van der Waals surface area contributed by atoms with Gasteiger partial charge in [0.2, 0.25) is 0 Å². The number of hydrogen-bond donors (Lipinski definition) is 2. The topological polar surface area (TPSA) is 36.5 Å². The third-order valence-corrected chi connectivity index (χ3v) is 2.46. The Balaban J connectivity index is 2.50. The Labute approximate surface area is 108 Å². The molecule has 0 saturated heterocycles. The van der Waals surface area contributed by atoms with E-state index in [2.05, 4.69) is 10.6 Å². The zero-order valence-electron chi connectivity index (χ0n) is 10.5. The van der Waals surface area contributed by atoms with E-state index in [9.17, 15) is 0 Å². The molecule has 17 heavy (non-hydrogen) atoms. The summed E-state index contributed by atoms with van der Waals surface area (Å²) >= 11 is 5.17. The maximum Gasteiger partial charge on any atom is 0.170 e. The standard InChI is InChI=1S/C12H19N3OS/c1-15(2)11-6-4-5-10(9-11)14-12(17)13-7-8-16-3/h4-6,9H,7-8H2,1-3H3,(H2,13,14,17). The van der Waals surface area contributed by atoms with Crippen LogP contribution in [0.3, 0.4) is 0 Å². The molecule has 5 heteroatoms. The fourth-order valence-corrected chi connectivity index (χ4v) is 1.52. The summed E-state index contributed by atoms with van der Waals surface area (Å²) in [7, 11) is 5.68. The molecule has 0 radical (unpaired) electrons. The lowest BCUT2D eigenvalue weighted by Crippen LogP contribution is -2.31. The minimum atomic E-state index is 0.609. The van der Waals surface area contributed by atoms with E-state index in [1.165, 1.54) is 0 Å². The molecule has 0 unspecified atom stereocenters. The summed E-state index contributed by atoms with van der Waals surface area (Å²) in [4.78, 5) is 2.05. The van der Waals surface area contributed by atoms with E-state index < -0.39 is 0 Å². The van der Waals surface area contributed by atoms with Crippen LogP contribution in [0.15, 0.2) is 24.3 Å². The van der Waals surface area contributed by atoms with Gasteiger partial charge in [0.25, 0.3) is 0 Å². The number of anilines is 2. The van der Waals surface area contributed by atoms with Crippen LogP contribution in [0.4, 0.5) is 11.4 Å². The monoisotopic (exact) mass is 253 g/mol. The SMILES string of the molecule is COCCNC(=S)Nc1cccc(N(C)C)c1. The minimum absolute atomic E-state index is 0.609. The lowest BCUT2D eigenvalue weighted by atomic mass is 10.2. The normalized spacial score (nSPS) is 9.82. The third kappa shape index (κ3) is 5.01. The van der Waals surface area contributed by atoms with Crippen LogP contribution >= 0.6 is 12.2 Å². The smallest absolute Gasteiger partial charge is 0.170 e. The third-order valence-electron chi connectivity index (χ3n) is 2.21. The molecule has 0 spiro atoms. The van der Waals surface area contributed by atoms with Crippen LogP contribution in [0.1, 0.15) is 0 Å². The van der Waals surface area contributed by atoms with Gasteiger partial charge in [-0.1, -0.05) is 6.07 Å². The van der Waals surface area contributed by atoms with Crippen LogP contribution < -0.4 is 15.5 Å². The largest absolute Gasteiger partial charge is 0.383 e. The average molecular weight is 253 g/mol. The second kappa shape index (κ2) is 7.09. The van der Waals surface area contributed by atoms with E-state index in [1.807, 2.05) is 43.3 Å². The Kier molecular flexibility index (Phi) is 5.72. The fraction of sp³-hybridized carbons (Fsp3) is 0.417. The highest BCUT2D eigenvalue weighted by Crippen LogP contribution is 2.16. The van der Waals surface area contributed by atoms with Gasteiger partial charge in [-0.3, -0.25) is 0 Å². The molecule has 0 aliphatic heterocycles. The van der Waals surface area contributed by atoms with Gasteiger partial charge in [0.05, 0.1) is 6.61 Å². The van der Waals surface area contributed by atoms with E-state index in [4.69, 9.17) is 17.0 Å². The Morgan fingerprint density at radius 2 is 2.18 bits per heavy atom. The zero-order chi connectivity index (χ0) is 12.7. The highest BCUT2D eigenvalue weighted by atomic mass is 32.1. The lowest BCUT2D eigenvalue weighted by molar-refractivity contribution is 0.204. The fourth-order valence-electron chi connectivity index (χ4n) is 1.30. The van der Waals surface area contributed by atoms with E-state index in [0.717, 1.165) is 11.4 Å². The highest BCUT2D eigenvalue weighted by molar-refractivity contribution is 7.80. The minimum Gasteiger partial charge on any atom is -0.383 e. The Morgan fingerprint density at radius 3 is 2.82 bits per heavy atom. The highest BCUT2D eigenvalue weighted by Gasteiger charge is 1.99. The zero-order valence-corrected chi connectivity index (χ0v) is 11.3. The summed E-state index contributed by atoms with van der Waals surface area (Å²) in [6.07, 6.45) is 0. The van der Waals surface area contributed by atoms with Gasteiger partial charge >= 0.3 is 0 Å². The van der Waals surface area contributed by atoms with Crippen LogP contribution in [-0.4, -0.2) is 39.5 Å². The average Bonchev–Trinajstić information content (AvgIpc) is 2.29. The summed E-state index contributed by atoms with van der Waals surface area (Å²) in [5, 5.41) is 6.81. The predicted molar refractivity (Wildman–Crippen MR) is 76.9 cm³/mol. The molecule has 1 aromatic carbocycles. The van der Waals surface area contributed by atoms with Crippen molar-refractivity contribution in [2.75, 3.05) is 44.6 Å². The van der Waals surface area contributed by atoms with Crippen LogP contribution in [0.25, 0.3) is 0 Å². The lowest BCUT2D eigenvalue weighted by Gasteiger charge is -2.15. The van der Waals surface area contributed by atoms with Gasteiger partial charge in [-0.05, 0) is 30.4 Å². The number of ether oxygens (including phenoxy) is 1. The first-order valence-corrected chi connectivity index (χ1v) is 5.85. The van der Waals surface area contributed by atoms with Crippen molar-refractivity contribution in [3.63, 3.8) is 0 Å². The summed E-state index contributed by atoms with van der Waals surface area (Å²) in [6, 6.07) is 8.07. The molecule has 0 saturated carbocycles. The molecule has 0 fully saturated rings. The first-order chi connectivity index (χ1) is 8.13. The van der Waals surface area contributed by atoms with Gasteiger partial charge in [0, 0.05) is 39.1 Å². The van der Waals surface area contributed by atoms with Gasteiger partial charge in [-0.25, -0.2) is 0 Å². The number of nitrogens with one attached hydrogen (secondary N) is 2. The van der Waals surface area contributed by atoms with Gasteiger partial charge < -0.3 is 20.3 Å². The molecule has 0 atom stereocenters. The van der Waals surface area contributed by atoms with Crippen molar-refractivity contribution >= 4 is 28.7 Å². The molecular formula is C12H19N3OS. The maximum atomic E-state index is 5.17. The van der Waals surface area contributed by atoms with Gasteiger partial charge in [-0.2, -0.15) is 0 Å². The molecular weight excluding hydrogens is 234 g/mol. The molecule has 1 rings (SSSR count). The molecule has 0 aliphatic carbocycles. The Morgan fingerprint density at radius 1 is 1.41 bits per heavy atom. The number of hydrogen-bond acceptors (Lipinski definition) is 3. The van der Waals surface area contributed by atoms with E-state index in [1.54, 1.807) is 7.11 Å². The van der Waals surface area contributed by atoms with Crippen LogP contribution in [0, 0.1) is 0 Å².